The molecule has 0 aliphatic heterocycles. The van der Waals surface area contributed by atoms with E-state index in [4.69, 9.17) is 0 Å². The second-order valence-corrected chi connectivity index (χ2v) is 8.21. The zero-order valence-corrected chi connectivity index (χ0v) is 13.9. The number of rotatable bonds is 8. The van der Waals surface area contributed by atoms with E-state index in [1.165, 1.54) is 57.9 Å². The van der Waals surface area contributed by atoms with Crippen LogP contribution in [-0.2, 0) is 5.41 Å². The molecule has 3 rings (SSSR count). The highest BCUT2D eigenvalue weighted by molar-refractivity contribution is 7.10. The van der Waals surface area contributed by atoms with Crippen molar-refractivity contribution in [3.63, 3.8) is 0 Å². The highest BCUT2D eigenvalue weighted by atomic mass is 32.1. The van der Waals surface area contributed by atoms with Gasteiger partial charge >= 0.3 is 0 Å². The van der Waals surface area contributed by atoms with Gasteiger partial charge < -0.3 is 5.32 Å². The first kappa shape index (κ1) is 14.6. The standard InChI is InChI=1S/C18H29NS/c1-3-9-17(10-4-2)12-18(13-17,14-19-15-7-8-15)16-6-5-11-20-16/h5-6,11,15,19H,3-4,7-10,12-14H2,1-2H3. The molecule has 2 aliphatic rings. The van der Waals surface area contributed by atoms with Crippen LogP contribution < -0.4 is 5.32 Å². The molecule has 2 heteroatoms. The Morgan fingerprint density at radius 1 is 1.20 bits per heavy atom. The third kappa shape index (κ3) is 2.82. The summed E-state index contributed by atoms with van der Waals surface area (Å²) in [4.78, 5) is 1.63. The first-order chi connectivity index (χ1) is 9.72. The van der Waals surface area contributed by atoms with Crippen LogP contribution in [0.3, 0.4) is 0 Å². The Kier molecular flexibility index (Phi) is 4.24. The lowest BCUT2D eigenvalue weighted by molar-refractivity contribution is 0.00476. The van der Waals surface area contributed by atoms with E-state index in [2.05, 4.69) is 36.7 Å². The lowest BCUT2D eigenvalue weighted by atomic mass is 9.49. The normalized spacial score (nSPS) is 23.5. The van der Waals surface area contributed by atoms with Gasteiger partial charge in [-0.3, -0.25) is 0 Å². The third-order valence-corrected chi connectivity index (χ3v) is 6.45. The van der Waals surface area contributed by atoms with Crippen molar-refractivity contribution in [2.24, 2.45) is 5.41 Å². The molecule has 0 aromatic carbocycles. The Hall–Kier alpha value is -0.340. The Bertz CT molecular complexity index is 405. The highest BCUT2D eigenvalue weighted by Crippen LogP contribution is 2.60. The molecule has 20 heavy (non-hydrogen) atoms. The molecule has 0 saturated heterocycles. The predicted molar refractivity (Wildman–Crippen MR) is 88.5 cm³/mol. The minimum absolute atomic E-state index is 0.459. The number of hydrogen-bond donors (Lipinski definition) is 1. The van der Waals surface area contributed by atoms with Gasteiger partial charge in [0, 0.05) is 22.9 Å². The Balaban J connectivity index is 1.71. The first-order valence-electron chi connectivity index (χ1n) is 8.49. The molecule has 1 heterocycles. The lowest BCUT2D eigenvalue weighted by Gasteiger charge is -2.57. The summed E-state index contributed by atoms with van der Waals surface area (Å²) >= 11 is 1.97. The molecule has 2 fully saturated rings. The molecule has 0 atom stereocenters. The molecule has 1 aromatic heterocycles. The molecule has 112 valence electrons. The van der Waals surface area contributed by atoms with E-state index in [1.807, 2.05) is 11.3 Å². The molecule has 0 bridgehead atoms. The molecule has 1 N–H and O–H groups in total. The Morgan fingerprint density at radius 3 is 2.40 bits per heavy atom. The molecule has 2 aliphatic carbocycles. The quantitative estimate of drug-likeness (QED) is 0.701. The van der Waals surface area contributed by atoms with Crippen molar-refractivity contribution < 1.29 is 0 Å². The van der Waals surface area contributed by atoms with Crippen LogP contribution in [0.4, 0.5) is 0 Å². The van der Waals surface area contributed by atoms with Gasteiger partial charge in [0.2, 0.25) is 0 Å². The monoisotopic (exact) mass is 291 g/mol. The summed E-state index contributed by atoms with van der Waals surface area (Å²) in [5.74, 6) is 0. The van der Waals surface area contributed by atoms with Crippen molar-refractivity contribution in [2.75, 3.05) is 6.54 Å². The summed E-state index contributed by atoms with van der Waals surface area (Å²) in [5.41, 5.74) is 1.11. The molecule has 0 amide bonds. The molecule has 1 aromatic rings. The SMILES string of the molecule is CCCC1(CCC)CC(CNC2CC2)(c2cccs2)C1. The maximum Gasteiger partial charge on any atom is 0.0182 e. The largest absolute Gasteiger partial charge is 0.313 e. The highest BCUT2D eigenvalue weighted by Gasteiger charge is 2.54. The van der Waals surface area contributed by atoms with Gasteiger partial charge in [0.1, 0.15) is 0 Å². The van der Waals surface area contributed by atoms with Gasteiger partial charge in [-0.15, -0.1) is 11.3 Å². The Labute approximate surface area is 128 Å². The summed E-state index contributed by atoms with van der Waals surface area (Å²) < 4.78 is 0. The van der Waals surface area contributed by atoms with Crippen LogP contribution in [0.1, 0.15) is 70.1 Å². The predicted octanol–water partition coefficient (Wildman–Crippen LogP) is 5.12. The van der Waals surface area contributed by atoms with E-state index < -0.39 is 0 Å². The smallest absolute Gasteiger partial charge is 0.0182 e. The van der Waals surface area contributed by atoms with Crippen LogP contribution in [0, 0.1) is 5.41 Å². The fourth-order valence-corrected chi connectivity index (χ4v) is 5.44. The molecule has 0 radical (unpaired) electrons. The maximum absolute atomic E-state index is 3.82. The van der Waals surface area contributed by atoms with Crippen LogP contribution in [0.5, 0.6) is 0 Å². The molecule has 2 saturated carbocycles. The average Bonchev–Trinajstić information content (AvgIpc) is 3.05. The van der Waals surface area contributed by atoms with E-state index >= 15 is 0 Å². The topological polar surface area (TPSA) is 12.0 Å². The fourth-order valence-electron chi connectivity index (χ4n) is 4.52. The van der Waals surface area contributed by atoms with Gasteiger partial charge in [0.25, 0.3) is 0 Å². The van der Waals surface area contributed by atoms with Gasteiger partial charge in [-0.05, 0) is 55.4 Å². The van der Waals surface area contributed by atoms with Gasteiger partial charge in [-0.2, -0.15) is 0 Å². The first-order valence-corrected chi connectivity index (χ1v) is 9.37. The van der Waals surface area contributed by atoms with Crippen molar-refractivity contribution in [1.82, 2.24) is 5.32 Å². The molecule has 1 nitrogen and oxygen atoms in total. The summed E-state index contributed by atoms with van der Waals surface area (Å²) in [7, 11) is 0. The summed E-state index contributed by atoms with van der Waals surface area (Å²) in [6, 6.07) is 5.44. The number of thiophene rings is 1. The zero-order chi connectivity index (χ0) is 14.1. The van der Waals surface area contributed by atoms with Crippen molar-refractivity contribution >= 4 is 11.3 Å². The van der Waals surface area contributed by atoms with Crippen LogP contribution in [-0.4, -0.2) is 12.6 Å². The Morgan fingerprint density at radius 2 is 1.90 bits per heavy atom. The van der Waals surface area contributed by atoms with Gasteiger partial charge in [0.15, 0.2) is 0 Å². The van der Waals surface area contributed by atoms with E-state index in [0.29, 0.717) is 10.8 Å². The van der Waals surface area contributed by atoms with E-state index in [1.54, 1.807) is 4.88 Å². The van der Waals surface area contributed by atoms with Crippen molar-refractivity contribution in [2.45, 2.75) is 76.7 Å². The average molecular weight is 292 g/mol. The van der Waals surface area contributed by atoms with Gasteiger partial charge in [-0.25, -0.2) is 0 Å². The number of hydrogen-bond acceptors (Lipinski definition) is 2. The minimum Gasteiger partial charge on any atom is -0.313 e. The van der Waals surface area contributed by atoms with Crippen LogP contribution in [0.25, 0.3) is 0 Å². The van der Waals surface area contributed by atoms with Crippen molar-refractivity contribution in [1.29, 1.82) is 0 Å². The molecule has 0 unspecified atom stereocenters. The second kappa shape index (κ2) is 5.81. The maximum atomic E-state index is 3.82. The van der Waals surface area contributed by atoms with Crippen LogP contribution in [0.2, 0.25) is 0 Å². The summed E-state index contributed by atoms with van der Waals surface area (Å²) in [6.07, 6.45) is 11.2. The van der Waals surface area contributed by atoms with Gasteiger partial charge in [-0.1, -0.05) is 32.8 Å². The number of nitrogens with one attached hydrogen (secondary N) is 1. The summed E-state index contributed by atoms with van der Waals surface area (Å²) in [6.45, 7) is 5.92. The molecular weight excluding hydrogens is 262 g/mol. The third-order valence-electron chi connectivity index (χ3n) is 5.34. The second-order valence-electron chi connectivity index (χ2n) is 7.27. The summed E-state index contributed by atoms with van der Waals surface area (Å²) in [5, 5.41) is 6.07. The van der Waals surface area contributed by atoms with Crippen LogP contribution >= 0.6 is 11.3 Å². The minimum atomic E-state index is 0.459. The van der Waals surface area contributed by atoms with Crippen molar-refractivity contribution in [3.8, 4) is 0 Å². The van der Waals surface area contributed by atoms with E-state index in [0.717, 1.165) is 6.04 Å². The lowest BCUT2D eigenvalue weighted by Crippen LogP contribution is -2.54. The van der Waals surface area contributed by atoms with Gasteiger partial charge in [0.05, 0.1) is 0 Å². The van der Waals surface area contributed by atoms with Crippen LogP contribution in [0.15, 0.2) is 17.5 Å². The van der Waals surface area contributed by atoms with E-state index in [-0.39, 0.29) is 0 Å². The fraction of sp³-hybridized carbons (Fsp3) is 0.778. The van der Waals surface area contributed by atoms with E-state index in [9.17, 15) is 0 Å². The molecule has 0 spiro atoms. The zero-order valence-electron chi connectivity index (χ0n) is 13.1. The van der Waals surface area contributed by atoms with Crippen molar-refractivity contribution in [3.05, 3.63) is 22.4 Å². The molecular formula is C18H29NS.